The Morgan fingerprint density at radius 3 is 2.80 bits per heavy atom. The Balaban J connectivity index is 1.53. The molecular weight excluding hydrogens is 316 g/mol. The van der Waals surface area contributed by atoms with Crippen molar-refractivity contribution in [2.24, 2.45) is 5.92 Å². The van der Waals surface area contributed by atoms with Crippen LogP contribution in [0.5, 0.6) is 0 Å². The molecule has 132 valence electrons. The molecule has 2 atom stereocenters. The van der Waals surface area contributed by atoms with Gasteiger partial charge < -0.3 is 5.32 Å². The summed E-state index contributed by atoms with van der Waals surface area (Å²) in [5.74, 6) is -0.282. The molecule has 1 heterocycles. The Labute approximate surface area is 147 Å². The molecule has 3 amide bonds. The molecule has 0 unspecified atom stereocenters. The Hall–Kier alpha value is -2.17. The summed E-state index contributed by atoms with van der Waals surface area (Å²) in [7, 11) is 0. The van der Waals surface area contributed by atoms with Crippen LogP contribution in [0.2, 0.25) is 0 Å². The summed E-state index contributed by atoms with van der Waals surface area (Å²) in [4.78, 5) is 39.1. The lowest BCUT2D eigenvalue weighted by Crippen LogP contribution is -2.54. The lowest BCUT2D eigenvalue weighted by atomic mass is 9.73. The minimum atomic E-state index is -0.798. The zero-order valence-electron chi connectivity index (χ0n) is 14.6. The van der Waals surface area contributed by atoms with E-state index >= 15 is 0 Å². The van der Waals surface area contributed by atoms with Crippen LogP contribution in [0.3, 0.4) is 0 Å². The zero-order chi connectivity index (χ0) is 17.6. The van der Waals surface area contributed by atoms with Crippen molar-refractivity contribution < 1.29 is 14.4 Å². The van der Waals surface area contributed by atoms with Gasteiger partial charge in [-0.15, -0.1) is 0 Å². The number of amides is 3. The van der Waals surface area contributed by atoms with Gasteiger partial charge >= 0.3 is 6.03 Å². The van der Waals surface area contributed by atoms with Crippen LogP contribution in [0.25, 0.3) is 0 Å². The van der Waals surface area contributed by atoms with E-state index in [1.54, 1.807) is 0 Å². The number of nitrogens with zero attached hydrogens (tertiary/aromatic N) is 1. The Kier molecular flexibility index (Phi) is 3.89. The van der Waals surface area contributed by atoms with E-state index in [9.17, 15) is 14.4 Å². The molecule has 5 nitrogen and oxygen atoms in total. The van der Waals surface area contributed by atoms with Gasteiger partial charge in [0.25, 0.3) is 5.91 Å². The fourth-order valence-corrected chi connectivity index (χ4v) is 4.62. The molecule has 1 aromatic carbocycles. The van der Waals surface area contributed by atoms with E-state index in [0.717, 1.165) is 43.4 Å². The quantitative estimate of drug-likeness (QED) is 0.680. The van der Waals surface area contributed by atoms with Gasteiger partial charge in [-0.3, -0.25) is 14.5 Å². The van der Waals surface area contributed by atoms with Crippen molar-refractivity contribution >= 4 is 17.7 Å². The van der Waals surface area contributed by atoms with Crippen molar-refractivity contribution in [1.82, 2.24) is 10.2 Å². The molecule has 1 spiro atoms. The van der Waals surface area contributed by atoms with Crippen LogP contribution in [-0.2, 0) is 17.6 Å². The first kappa shape index (κ1) is 16.3. The van der Waals surface area contributed by atoms with Gasteiger partial charge in [0, 0.05) is 5.56 Å². The summed E-state index contributed by atoms with van der Waals surface area (Å²) < 4.78 is 0. The Bertz CT molecular complexity index is 757. The van der Waals surface area contributed by atoms with Gasteiger partial charge in [0.15, 0.2) is 5.78 Å². The van der Waals surface area contributed by atoms with E-state index in [1.807, 2.05) is 25.1 Å². The summed E-state index contributed by atoms with van der Waals surface area (Å²) in [6.45, 7) is 1.85. The number of ketones is 1. The van der Waals surface area contributed by atoms with Gasteiger partial charge in [-0.1, -0.05) is 31.9 Å². The topological polar surface area (TPSA) is 66.5 Å². The van der Waals surface area contributed by atoms with Gasteiger partial charge in [-0.25, -0.2) is 4.79 Å². The highest BCUT2D eigenvalue weighted by atomic mass is 16.2. The molecule has 0 bridgehead atoms. The van der Waals surface area contributed by atoms with E-state index in [0.29, 0.717) is 12.0 Å². The summed E-state index contributed by atoms with van der Waals surface area (Å²) in [5, 5.41) is 2.90. The lowest BCUT2D eigenvalue weighted by Gasteiger charge is -2.36. The van der Waals surface area contributed by atoms with Gasteiger partial charge in [0.05, 0.1) is 6.54 Å². The van der Waals surface area contributed by atoms with Crippen molar-refractivity contribution in [3.8, 4) is 0 Å². The third-order valence-corrected chi connectivity index (χ3v) is 6.22. The third kappa shape index (κ3) is 2.57. The molecule has 2 fully saturated rings. The van der Waals surface area contributed by atoms with Gasteiger partial charge in [-0.2, -0.15) is 0 Å². The van der Waals surface area contributed by atoms with E-state index in [-0.39, 0.29) is 24.2 Å². The van der Waals surface area contributed by atoms with Gasteiger partial charge in [-0.05, 0) is 55.2 Å². The normalized spacial score (nSPS) is 28.4. The van der Waals surface area contributed by atoms with E-state index in [2.05, 4.69) is 5.32 Å². The predicted molar refractivity (Wildman–Crippen MR) is 93.4 cm³/mol. The highest BCUT2D eigenvalue weighted by Gasteiger charge is 2.55. The second-order valence-corrected chi connectivity index (χ2v) is 7.70. The number of aryl methyl sites for hydroxylation is 2. The number of imide groups is 1. The number of Topliss-reactive ketones (excluding diaryl/α,β-unsaturated/α-hetero) is 1. The zero-order valence-corrected chi connectivity index (χ0v) is 14.6. The molecule has 0 aromatic heterocycles. The van der Waals surface area contributed by atoms with Crippen LogP contribution in [-0.4, -0.2) is 34.7 Å². The number of rotatable bonds is 3. The predicted octanol–water partition coefficient (Wildman–Crippen LogP) is 2.86. The molecule has 5 heteroatoms. The second kappa shape index (κ2) is 5.97. The maximum Gasteiger partial charge on any atom is 0.325 e. The summed E-state index contributed by atoms with van der Waals surface area (Å²) >= 11 is 0. The van der Waals surface area contributed by atoms with Crippen LogP contribution < -0.4 is 5.32 Å². The highest BCUT2D eigenvalue weighted by molar-refractivity contribution is 6.11. The van der Waals surface area contributed by atoms with Gasteiger partial charge in [0.2, 0.25) is 0 Å². The summed E-state index contributed by atoms with van der Waals surface area (Å²) in [6.07, 6.45) is 6.81. The van der Waals surface area contributed by atoms with Crippen molar-refractivity contribution in [3.05, 3.63) is 34.9 Å². The van der Waals surface area contributed by atoms with Gasteiger partial charge in [0.1, 0.15) is 5.54 Å². The molecule has 1 aromatic rings. The smallest absolute Gasteiger partial charge is 0.323 e. The summed E-state index contributed by atoms with van der Waals surface area (Å²) in [5.41, 5.74) is 2.33. The number of urea groups is 1. The number of benzene rings is 1. The van der Waals surface area contributed by atoms with E-state index in [1.165, 1.54) is 11.1 Å². The first-order valence-corrected chi connectivity index (χ1v) is 9.30. The number of fused-ring (bicyclic) bond motifs is 1. The molecule has 3 aliphatic rings. The molecule has 1 N–H and O–H groups in total. The Morgan fingerprint density at radius 2 is 2.00 bits per heavy atom. The van der Waals surface area contributed by atoms with Crippen molar-refractivity contribution in [3.63, 3.8) is 0 Å². The minimum Gasteiger partial charge on any atom is -0.323 e. The SMILES string of the molecule is C[C@H]1CCCC[C@]12NC(=O)N(CC(=O)c1ccc3c(c1)CCC3)C2=O. The van der Waals surface area contributed by atoms with Crippen molar-refractivity contribution in [2.45, 2.75) is 57.4 Å². The van der Waals surface area contributed by atoms with Crippen LogP contribution in [0.15, 0.2) is 18.2 Å². The fourth-order valence-electron chi connectivity index (χ4n) is 4.62. The monoisotopic (exact) mass is 340 g/mol. The molecule has 1 aliphatic heterocycles. The van der Waals surface area contributed by atoms with Crippen LogP contribution in [0, 0.1) is 5.92 Å². The van der Waals surface area contributed by atoms with Crippen LogP contribution in [0.4, 0.5) is 4.79 Å². The highest BCUT2D eigenvalue weighted by Crippen LogP contribution is 2.38. The Morgan fingerprint density at radius 1 is 1.20 bits per heavy atom. The number of hydrogen-bond acceptors (Lipinski definition) is 3. The first-order valence-electron chi connectivity index (χ1n) is 9.30. The first-order chi connectivity index (χ1) is 12.0. The molecule has 2 aliphatic carbocycles. The molecule has 1 saturated heterocycles. The molecule has 1 saturated carbocycles. The number of carbonyl (C=O) groups excluding carboxylic acids is 3. The standard InChI is InChI=1S/C20H24N2O3/c1-13-5-2-3-10-20(13)18(24)22(19(25)21-20)12-17(23)16-9-8-14-6-4-7-15(14)11-16/h8-9,11,13H,2-7,10,12H2,1H3,(H,21,25)/t13-,20-/m0/s1. The largest absolute Gasteiger partial charge is 0.325 e. The number of nitrogens with one attached hydrogen (secondary N) is 1. The molecule has 25 heavy (non-hydrogen) atoms. The van der Waals surface area contributed by atoms with E-state index in [4.69, 9.17) is 0 Å². The molecule has 0 radical (unpaired) electrons. The van der Waals surface area contributed by atoms with Crippen LogP contribution in [0.1, 0.15) is 60.5 Å². The van der Waals surface area contributed by atoms with Crippen LogP contribution >= 0.6 is 0 Å². The minimum absolute atomic E-state index is 0.109. The molecule has 4 rings (SSSR count). The second-order valence-electron chi connectivity index (χ2n) is 7.70. The summed E-state index contributed by atoms with van der Waals surface area (Å²) in [6, 6.07) is 5.34. The number of carbonyl (C=O) groups is 3. The van der Waals surface area contributed by atoms with Crippen molar-refractivity contribution in [1.29, 1.82) is 0 Å². The molecular formula is C20H24N2O3. The maximum absolute atomic E-state index is 12.9. The maximum atomic E-state index is 12.9. The third-order valence-electron chi connectivity index (χ3n) is 6.22. The average Bonchev–Trinajstić information content (AvgIpc) is 3.16. The average molecular weight is 340 g/mol. The number of hydrogen-bond donors (Lipinski definition) is 1. The lowest BCUT2D eigenvalue weighted by molar-refractivity contribution is -0.133. The fraction of sp³-hybridized carbons (Fsp3) is 0.550. The van der Waals surface area contributed by atoms with E-state index < -0.39 is 11.6 Å². The van der Waals surface area contributed by atoms with Crippen molar-refractivity contribution in [2.75, 3.05) is 6.54 Å².